The van der Waals surface area contributed by atoms with Crippen molar-refractivity contribution < 1.29 is 13.6 Å². The van der Waals surface area contributed by atoms with E-state index in [1.807, 2.05) is 12.3 Å². The molecule has 1 fully saturated rings. The Morgan fingerprint density at radius 1 is 0.913 bits per heavy atom. The van der Waals surface area contributed by atoms with E-state index in [-0.39, 0.29) is 22.8 Å². The number of fused-ring (bicyclic) bond motifs is 2. The molecule has 0 radical (unpaired) electrons. The summed E-state index contributed by atoms with van der Waals surface area (Å²) in [4.78, 5) is 57.8. The SMILES string of the molecule is CSc1ncc(-c2cccc(-n3c(=O)n(C4CCC(NC(=O)c5cn6cc(F)ccc6n5)CC4)c(=O)c4cc(F)cnc43)c2)cn1. The summed E-state index contributed by atoms with van der Waals surface area (Å²) < 4.78 is 31.9. The van der Waals surface area contributed by atoms with Gasteiger partial charge in [0.2, 0.25) is 0 Å². The zero-order chi connectivity index (χ0) is 31.9. The average Bonchev–Trinajstić information content (AvgIpc) is 3.50. The fraction of sp³-hybridized carbons (Fsp3) is 0.219. The predicted molar refractivity (Wildman–Crippen MR) is 168 cm³/mol. The number of hydrogen-bond acceptors (Lipinski definition) is 8. The van der Waals surface area contributed by atoms with Crippen molar-refractivity contribution in [1.29, 1.82) is 0 Å². The van der Waals surface area contributed by atoms with Gasteiger partial charge < -0.3 is 9.72 Å². The molecular formula is C32H26F2N8O3S. The quantitative estimate of drug-likeness (QED) is 0.207. The van der Waals surface area contributed by atoms with Gasteiger partial charge in [-0.2, -0.15) is 0 Å². The van der Waals surface area contributed by atoms with Crippen molar-refractivity contribution in [2.24, 2.45) is 0 Å². The number of nitrogens with zero attached hydrogens (tertiary/aromatic N) is 7. The first kappa shape index (κ1) is 29.5. The Balaban J connectivity index is 1.19. The molecule has 1 aliphatic rings. The van der Waals surface area contributed by atoms with Crippen molar-refractivity contribution in [3.8, 4) is 16.8 Å². The highest BCUT2D eigenvalue weighted by Crippen LogP contribution is 2.28. The van der Waals surface area contributed by atoms with Crippen LogP contribution in [-0.2, 0) is 0 Å². The van der Waals surface area contributed by atoms with Crippen LogP contribution < -0.4 is 16.6 Å². The molecule has 0 saturated heterocycles. The maximum absolute atomic E-state index is 14.4. The number of halogens is 2. The highest BCUT2D eigenvalue weighted by molar-refractivity contribution is 7.98. The van der Waals surface area contributed by atoms with Crippen molar-refractivity contribution in [2.45, 2.75) is 42.9 Å². The Kier molecular flexibility index (Phi) is 7.64. The summed E-state index contributed by atoms with van der Waals surface area (Å²) in [7, 11) is 0. The lowest BCUT2D eigenvalue weighted by Crippen LogP contribution is -2.45. The van der Waals surface area contributed by atoms with E-state index in [9.17, 15) is 23.2 Å². The van der Waals surface area contributed by atoms with E-state index in [4.69, 9.17) is 0 Å². The van der Waals surface area contributed by atoms with Crippen LogP contribution >= 0.6 is 11.8 Å². The molecule has 1 amide bonds. The lowest BCUT2D eigenvalue weighted by atomic mass is 9.90. The van der Waals surface area contributed by atoms with Crippen LogP contribution in [0.1, 0.15) is 42.2 Å². The fourth-order valence-corrected chi connectivity index (χ4v) is 6.26. The number of carbonyl (C=O) groups excluding carboxylic acids is 1. The zero-order valence-electron chi connectivity index (χ0n) is 24.4. The summed E-state index contributed by atoms with van der Waals surface area (Å²) >= 11 is 1.42. The predicted octanol–water partition coefficient (Wildman–Crippen LogP) is 4.57. The molecule has 1 aliphatic carbocycles. The van der Waals surface area contributed by atoms with Crippen molar-refractivity contribution in [3.63, 3.8) is 0 Å². The number of carbonyl (C=O) groups is 1. The molecule has 0 spiro atoms. The molecule has 1 N–H and O–H groups in total. The Morgan fingerprint density at radius 3 is 2.46 bits per heavy atom. The van der Waals surface area contributed by atoms with Crippen LogP contribution in [-0.4, -0.2) is 51.7 Å². The fourth-order valence-electron chi connectivity index (χ4n) is 5.94. The molecule has 0 bridgehead atoms. The van der Waals surface area contributed by atoms with Crippen molar-refractivity contribution in [1.82, 2.24) is 38.8 Å². The minimum Gasteiger partial charge on any atom is -0.348 e. The van der Waals surface area contributed by atoms with Gasteiger partial charge in [-0.25, -0.2) is 38.1 Å². The number of thioether (sulfide) groups is 1. The van der Waals surface area contributed by atoms with Gasteiger partial charge in [0, 0.05) is 42.4 Å². The highest BCUT2D eigenvalue weighted by atomic mass is 32.2. The monoisotopic (exact) mass is 640 g/mol. The summed E-state index contributed by atoms with van der Waals surface area (Å²) in [6, 6.07) is 10.3. The van der Waals surface area contributed by atoms with Crippen molar-refractivity contribution in [3.05, 3.63) is 112 Å². The van der Waals surface area contributed by atoms with E-state index >= 15 is 0 Å². The van der Waals surface area contributed by atoms with Gasteiger partial charge in [0.15, 0.2) is 10.8 Å². The van der Waals surface area contributed by atoms with Gasteiger partial charge in [0.05, 0.1) is 17.3 Å². The Labute approximate surface area is 264 Å². The first-order valence-electron chi connectivity index (χ1n) is 14.5. The number of pyridine rings is 2. The lowest BCUT2D eigenvalue weighted by molar-refractivity contribution is 0.0917. The summed E-state index contributed by atoms with van der Waals surface area (Å²) in [6.45, 7) is 0. The number of rotatable bonds is 6. The molecule has 0 unspecified atom stereocenters. The van der Waals surface area contributed by atoms with Crippen LogP contribution in [0.3, 0.4) is 0 Å². The van der Waals surface area contributed by atoms with Gasteiger partial charge in [-0.3, -0.25) is 14.2 Å². The van der Waals surface area contributed by atoms with Gasteiger partial charge >= 0.3 is 5.69 Å². The number of imidazole rings is 1. The number of aromatic nitrogens is 7. The van der Waals surface area contributed by atoms with Crippen LogP contribution in [0.4, 0.5) is 8.78 Å². The zero-order valence-corrected chi connectivity index (χ0v) is 25.2. The molecular weight excluding hydrogens is 614 g/mol. The Bertz CT molecular complexity index is 2240. The van der Waals surface area contributed by atoms with Gasteiger partial charge in [-0.05, 0) is 67.8 Å². The molecule has 5 aromatic heterocycles. The average molecular weight is 641 g/mol. The van der Waals surface area contributed by atoms with E-state index in [2.05, 4.69) is 25.3 Å². The lowest BCUT2D eigenvalue weighted by Gasteiger charge is -2.30. The molecule has 5 heterocycles. The summed E-state index contributed by atoms with van der Waals surface area (Å²) in [5, 5.41) is 3.57. The standard InChI is InChI=1S/C32H26F2N8O3S/c1-46-31-36-13-19(14-37-31)18-3-2-4-24(11-18)41-28-25(12-21(34)15-35-28)30(44)42(32(41)45)23-8-6-22(7-9-23)38-29(43)26-17-40-16-20(33)5-10-27(40)39-26/h2-5,10-17,22-23H,6-9H2,1H3,(H,38,43). The van der Waals surface area contributed by atoms with Crippen LogP contribution in [0.2, 0.25) is 0 Å². The molecule has 11 nitrogen and oxygen atoms in total. The van der Waals surface area contributed by atoms with Crippen LogP contribution in [0, 0.1) is 11.6 Å². The second-order valence-corrected chi connectivity index (χ2v) is 11.8. The molecule has 0 atom stereocenters. The third-order valence-electron chi connectivity index (χ3n) is 8.18. The maximum Gasteiger partial charge on any atom is 0.337 e. The second-order valence-electron chi connectivity index (χ2n) is 11.0. The Hall–Kier alpha value is -5.24. The van der Waals surface area contributed by atoms with Crippen molar-refractivity contribution in [2.75, 3.05) is 6.26 Å². The molecule has 6 aromatic rings. The number of amides is 1. The topological polar surface area (TPSA) is 129 Å². The first-order chi connectivity index (χ1) is 22.3. The summed E-state index contributed by atoms with van der Waals surface area (Å²) in [5.74, 6) is -1.53. The minimum atomic E-state index is -0.692. The smallest absolute Gasteiger partial charge is 0.337 e. The van der Waals surface area contributed by atoms with Gasteiger partial charge in [0.1, 0.15) is 23.0 Å². The first-order valence-corrected chi connectivity index (χ1v) is 15.8. The normalized spacial score (nSPS) is 16.6. The third kappa shape index (κ3) is 5.44. The molecule has 0 aliphatic heterocycles. The molecule has 46 heavy (non-hydrogen) atoms. The van der Waals surface area contributed by atoms with E-state index in [1.165, 1.54) is 49.8 Å². The number of hydrogen-bond donors (Lipinski definition) is 1. The van der Waals surface area contributed by atoms with E-state index in [1.54, 1.807) is 30.6 Å². The van der Waals surface area contributed by atoms with Gasteiger partial charge in [-0.15, -0.1) is 0 Å². The van der Waals surface area contributed by atoms with E-state index in [0.717, 1.165) is 23.4 Å². The van der Waals surface area contributed by atoms with E-state index < -0.39 is 34.8 Å². The number of benzene rings is 1. The highest BCUT2D eigenvalue weighted by Gasteiger charge is 2.28. The summed E-state index contributed by atoms with van der Waals surface area (Å²) in [5.41, 5.74) is 1.37. The van der Waals surface area contributed by atoms with E-state index in [0.29, 0.717) is 42.2 Å². The third-order valence-corrected chi connectivity index (χ3v) is 8.76. The maximum atomic E-state index is 14.4. The molecule has 7 rings (SSSR count). The van der Waals surface area contributed by atoms with Crippen LogP contribution in [0.5, 0.6) is 0 Å². The molecule has 1 aromatic carbocycles. The largest absolute Gasteiger partial charge is 0.348 e. The molecule has 14 heteroatoms. The van der Waals surface area contributed by atoms with Crippen LogP contribution in [0.15, 0.2) is 88.2 Å². The Morgan fingerprint density at radius 2 is 1.70 bits per heavy atom. The second kappa shape index (κ2) is 11.9. The summed E-state index contributed by atoms with van der Waals surface area (Å²) in [6.07, 6.45) is 10.8. The molecule has 1 saturated carbocycles. The number of nitrogens with one attached hydrogen (secondary N) is 1. The van der Waals surface area contributed by atoms with Gasteiger partial charge in [-0.1, -0.05) is 23.9 Å². The van der Waals surface area contributed by atoms with Crippen LogP contribution in [0.25, 0.3) is 33.5 Å². The van der Waals surface area contributed by atoms with Gasteiger partial charge in [0.25, 0.3) is 11.5 Å². The minimum absolute atomic E-state index is 0.0172. The molecule has 232 valence electrons. The van der Waals surface area contributed by atoms with Crippen molar-refractivity contribution >= 4 is 34.3 Å².